The summed E-state index contributed by atoms with van der Waals surface area (Å²) in [6.07, 6.45) is 0. The first-order valence-electron chi connectivity index (χ1n) is 9.86. The lowest BCUT2D eigenvalue weighted by molar-refractivity contribution is -0.384. The Bertz CT molecular complexity index is 1180. The number of non-ortho nitro benzene ring substituents is 1. The summed E-state index contributed by atoms with van der Waals surface area (Å²) in [7, 11) is 5.55. The first-order valence-corrected chi connectivity index (χ1v) is 10.7. The van der Waals surface area contributed by atoms with Crippen LogP contribution in [0.3, 0.4) is 0 Å². The summed E-state index contributed by atoms with van der Waals surface area (Å²) >= 11 is 3.40. The van der Waals surface area contributed by atoms with Crippen molar-refractivity contribution in [2.24, 2.45) is 7.05 Å². The smallest absolute Gasteiger partial charge is 0.340 e. The Balaban J connectivity index is 0.00000289. The fourth-order valence-electron chi connectivity index (χ4n) is 3.56. The summed E-state index contributed by atoms with van der Waals surface area (Å²) in [6, 6.07) is 7.47. The maximum atomic E-state index is 13.0. The molecule has 0 radical (unpaired) electrons. The van der Waals surface area contributed by atoms with E-state index in [1.807, 2.05) is 30.6 Å². The Kier molecular flexibility index (Phi) is 10.3. The first kappa shape index (κ1) is 29.2. The van der Waals surface area contributed by atoms with Crippen LogP contribution in [0.2, 0.25) is 0 Å². The van der Waals surface area contributed by atoms with Gasteiger partial charge in [0.25, 0.3) is 5.69 Å². The number of hydrogen-bond acceptors (Lipinski definition) is 7. The second kappa shape index (κ2) is 12.0. The van der Waals surface area contributed by atoms with E-state index in [9.17, 15) is 20.0 Å². The van der Waals surface area contributed by atoms with E-state index in [4.69, 9.17) is 9.47 Å². The number of phenols is 1. The van der Waals surface area contributed by atoms with Crippen molar-refractivity contribution < 1.29 is 29.8 Å². The number of aromatic nitrogens is 1. The van der Waals surface area contributed by atoms with Crippen LogP contribution < -0.4 is 4.74 Å². The molecular weight excluding hydrogens is 534 g/mol. The van der Waals surface area contributed by atoms with Gasteiger partial charge in [-0.2, -0.15) is 0 Å². The fourth-order valence-corrected chi connectivity index (χ4v) is 4.01. The van der Waals surface area contributed by atoms with Crippen molar-refractivity contribution in [3.63, 3.8) is 0 Å². The number of benzene rings is 2. The number of fused-ring (bicyclic) bond motifs is 1. The summed E-state index contributed by atoms with van der Waals surface area (Å²) in [6.45, 7) is 2.35. The molecule has 1 heterocycles. The third-order valence-corrected chi connectivity index (χ3v) is 5.62. The molecular formula is C22H27BrClN3O7. The Morgan fingerprint density at radius 1 is 1.26 bits per heavy atom. The molecule has 0 saturated heterocycles. The molecule has 0 spiro atoms. The number of nitro groups is 1. The SMILES string of the molecule is CCOC(=O)c1c(COc2ccc([N+](=O)[O-])cc2)n(C)c2cc(Br)c(O)c(CN(C)C)c12.Cl.O. The van der Waals surface area contributed by atoms with Crippen LogP contribution in [-0.4, -0.2) is 51.6 Å². The van der Waals surface area contributed by atoms with Gasteiger partial charge < -0.3 is 29.5 Å². The normalized spacial score (nSPS) is 10.5. The maximum Gasteiger partial charge on any atom is 0.340 e. The van der Waals surface area contributed by atoms with Crippen molar-refractivity contribution in [1.82, 2.24) is 9.47 Å². The van der Waals surface area contributed by atoms with Crippen LogP contribution in [0.1, 0.15) is 28.5 Å². The monoisotopic (exact) mass is 559 g/mol. The topological polar surface area (TPSA) is 139 Å². The number of phenolic OH excluding ortho intramolecular Hbond substituents is 1. The standard InChI is InChI=1S/C22H24BrN3O6.ClH.H2O/c1-5-31-22(28)20-18(12-32-14-8-6-13(7-9-14)26(29)30)25(4)17-10-16(23)21(27)15(19(17)20)11-24(2)3;;/h6-10,27H,5,11-12H2,1-4H3;1H;1H2. The number of hydrogen-bond donors (Lipinski definition) is 1. The van der Waals surface area contributed by atoms with E-state index >= 15 is 0 Å². The molecule has 0 aliphatic carbocycles. The minimum absolute atomic E-state index is 0. The number of nitro benzene ring substituents is 1. The molecule has 1 aromatic heterocycles. The highest BCUT2D eigenvalue weighted by atomic mass is 79.9. The highest BCUT2D eigenvalue weighted by Gasteiger charge is 2.27. The molecule has 12 heteroatoms. The molecule has 3 rings (SSSR count). The number of halogens is 2. The van der Waals surface area contributed by atoms with Crippen molar-refractivity contribution in [1.29, 1.82) is 0 Å². The lowest BCUT2D eigenvalue weighted by Crippen LogP contribution is -2.13. The largest absolute Gasteiger partial charge is 0.506 e. The van der Waals surface area contributed by atoms with Crippen LogP contribution in [0.25, 0.3) is 10.9 Å². The zero-order valence-electron chi connectivity index (χ0n) is 19.1. The number of esters is 1. The summed E-state index contributed by atoms with van der Waals surface area (Å²) in [5.41, 5.74) is 2.18. The minimum Gasteiger partial charge on any atom is -0.506 e. The van der Waals surface area contributed by atoms with E-state index in [2.05, 4.69) is 15.9 Å². The van der Waals surface area contributed by atoms with E-state index in [1.165, 1.54) is 24.3 Å². The zero-order chi connectivity index (χ0) is 23.6. The third-order valence-electron chi connectivity index (χ3n) is 5.02. The molecule has 0 saturated carbocycles. The molecule has 0 unspecified atom stereocenters. The van der Waals surface area contributed by atoms with Gasteiger partial charge in [0.15, 0.2) is 0 Å². The second-order valence-electron chi connectivity index (χ2n) is 7.46. The summed E-state index contributed by atoms with van der Waals surface area (Å²) < 4.78 is 13.5. The maximum absolute atomic E-state index is 13.0. The summed E-state index contributed by atoms with van der Waals surface area (Å²) in [5.74, 6) is -0.0273. The van der Waals surface area contributed by atoms with Gasteiger partial charge in [-0.25, -0.2) is 4.79 Å². The third kappa shape index (κ3) is 5.79. The van der Waals surface area contributed by atoms with Crippen molar-refractivity contribution >= 4 is 50.9 Å². The van der Waals surface area contributed by atoms with Crippen molar-refractivity contribution in [3.05, 3.63) is 61.7 Å². The summed E-state index contributed by atoms with van der Waals surface area (Å²) in [4.78, 5) is 25.3. The van der Waals surface area contributed by atoms with Gasteiger partial charge in [0.1, 0.15) is 18.1 Å². The second-order valence-corrected chi connectivity index (χ2v) is 8.31. The predicted octanol–water partition coefficient (Wildman–Crippen LogP) is 3.97. The zero-order valence-corrected chi connectivity index (χ0v) is 21.5. The number of aryl methyl sites for hydroxylation is 1. The number of nitrogens with zero attached hydrogens (tertiary/aromatic N) is 3. The molecule has 186 valence electrons. The van der Waals surface area contributed by atoms with Gasteiger partial charge in [0.05, 0.1) is 32.8 Å². The first-order chi connectivity index (χ1) is 15.1. The van der Waals surface area contributed by atoms with Crippen LogP contribution >= 0.6 is 28.3 Å². The van der Waals surface area contributed by atoms with Crippen molar-refractivity contribution in [2.45, 2.75) is 20.1 Å². The fraction of sp³-hybridized carbons (Fsp3) is 0.318. The van der Waals surface area contributed by atoms with Gasteiger partial charge in [-0.1, -0.05) is 0 Å². The summed E-state index contributed by atoms with van der Waals surface area (Å²) in [5, 5.41) is 22.2. The Morgan fingerprint density at radius 3 is 2.41 bits per heavy atom. The van der Waals surface area contributed by atoms with E-state index in [0.717, 1.165) is 5.52 Å². The Morgan fingerprint density at radius 2 is 1.88 bits per heavy atom. The average molecular weight is 561 g/mol. The van der Waals surface area contributed by atoms with Gasteiger partial charge >= 0.3 is 5.97 Å². The molecule has 34 heavy (non-hydrogen) atoms. The lowest BCUT2D eigenvalue weighted by Gasteiger charge is -2.15. The molecule has 0 amide bonds. The number of ether oxygens (including phenoxy) is 2. The van der Waals surface area contributed by atoms with Crippen LogP contribution in [0.5, 0.6) is 11.5 Å². The molecule has 10 nitrogen and oxygen atoms in total. The molecule has 0 atom stereocenters. The number of carbonyl (C=O) groups is 1. The van der Waals surface area contributed by atoms with Crippen LogP contribution in [0.4, 0.5) is 5.69 Å². The Labute approximate surface area is 211 Å². The molecule has 0 aliphatic rings. The van der Waals surface area contributed by atoms with E-state index in [0.29, 0.717) is 39.0 Å². The molecule has 0 fully saturated rings. The molecule has 0 aliphatic heterocycles. The van der Waals surface area contributed by atoms with E-state index in [-0.39, 0.29) is 42.5 Å². The van der Waals surface area contributed by atoms with Gasteiger partial charge in [-0.05, 0) is 55.1 Å². The van der Waals surface area contributed by atoms with Gasteiger partial charge in [0.2, 0.25) is 0 Å². The highest BCUT2D eigenvalue weighted by Crippen LogP contribution is 2.40. The molecule has 2 aromatic carbocycles. The molecule has 3 aromatic rings. The van der Waals surface area contributed by atoms with Crippen molar-refractivity contribution in [2.75, 3.05) is 20.7 Å². The van der Waals surface area contributed by atoms with Crippen LogP contribution in [0.15, 0.2) is 34.8 Å². The van der Waals surface area contributed by atoms with Gasteiger partial charge in [0, 0.05) is 36.7 Å². The minimum atomic E-state index is -0.512. The highest BCUT2D eigenvalue weighted by molar-refractivity contribution is 9.10. The number of aromatic hydroxyl groups is 1. The van der Waals surface area contributed by atoms with Crippen LogP contribution in [0, 0.1) is 10.1 Å². The number of rotatable bonds is 8. The molecule has 0 bridgehead atoms. The predicted molar refractivity (Wildman–Crippen MR) is 134 cm³/mol. The molecule has 3 N–H and O–H groups in total. The number of carbonyl (C=O) groups excluding carboxylic acids is 1. The van der Waals surface area contributed by atoms with Gasteiger partial charge in [-0.3, -0.25) is 10.1 Å². The quantitative estimate of drug-likeness (QED) is 0.250. The Hall–Kier alpha value is -2.86. The van der Waals surface area contributed by atoms with Crippen molar-refractivity contribution in [3.8, 4) is 11.5 Å². The van der Waals surface area contributed by atoms with Gasteiger partial charge in [-0.15, -0.1) is 12.4 Å². The average Bonchev–Trinajstić information content (AvgIpc) is 3.01. The van der Waals surface area contributed by atoms with Crippen LogP contribution in [-0.2, 0) is 24.9 Å². The lowest BCUT2D eigenvalue weighted by atomic mass is 10.0. The van der Waals surface area contributed by atoms with E-state index in [1.54, 1.807) is 13.0 Å². The van der Waals surface area contributed by atoms with E-state index < -0.39 is 10.9 Å².